The first-order chi connectivity index (χ1) is 7.68. The van der Waals surface area contributed by atoms with Crippen LogP contribution < -0.4 is 4.90 Å². The molecule has 0 aromatic carbocycles. The van der Waals surface area contributed by atoms with Gasteiger partial charge in [-0.1, -0.05) is 0 Å². The van der Waals surface area contributed by atoms with Crippen LogP contribution in [0, 0.1) is 6.92 Å². The molecule has 0 aliphatic carbocycles. The van der Waals surface area contributed by atoms with Crippen molar-refractivity contribution in [3.05, 3.63) is 46.8 Å². The SMILES string of the molecule is Cc1nc(N(C)c2ccncc2)ccc1Br. The van der Waals surface area contributed by atoms with E-state index in [1.165, 1.54) is 0 Å². The highest BCUT2D eigenvalue weighted by atomic mass is 79.9. The van der Waals surface area contributed by atoms with Crippen molar-refractivity contribution in [1.82, 2.24) is 9.97 Å². The Kier molecular flexibility index (Phi) is 3.19. The van der Waals surface area contributed by atoms with E-state index >= 15 is 0 Å². The highest BCUT2D eigenvalue weighted by Gasteiger charge is 2.06. The Labute approximate surface area is 103 Å². The minimum absolute atomic E-state index is 0.923. The molecule has 0 saturated heterocycles. The zero-order chi connectivity index (χ0) is 11.5. The van der Waals surface area contributed by atoms with E-state index in [4.69, 9.17) is 0 Å². The molecule has 0 fully saturated rings. The van der Waals surface area contributed by atoms with Crippen LogP contribution in [-0.2, 0) is 0 Å². The van der Waals surface area contributed by atoms with Crippen LogP contribution in [0.4, 0.5) is 11.5 Å². The second kappa shape index (κ2) is 4.61. The van der Waals surface area contributed by atoms with E-state index in [1.54, 1.807) is 12.4 Å². The largest absolute Gasteiger partial charge is 0.329 e. The van der Waals surface area contributed by atoms with Gasteiger partial charge in [-0.25, -0.2) is 4.98 Å². The lowest BCUT2D eigenvalue weighted by molar-refractivity contribution is 1.08. The molecule has 0 saturated carbocycles. The van der Waals surface area contributed by atoms with Crippen LogP contribution in [-0.4, -0.2) is 17.0 Å². The molecule has 0 N–H and O–H groups in total. The standard InChI is InChI=1S/C12H12BrN3/c1-9-11(13)3-4-12(15-9)16(2)10-5-7-14-8-6-10/h3-8H,1-2H3. The number of pyridine rings is 2. The molecule has 0 bridgehead atoms. The first-order valence-electron chi connectivity index (χ1n) is 4.95. The average molecular weight is 278 g/mol. The Morgan fingerprint density at radius 3 is 2.44 bits per heavy atom. The molecule has 2 aromatic rings. The monoisotopic (exact) mass is 277 g/mol. The van der Waals surface area contributed by atoms with Gasteiger partial charge in [0.1, 0.15) is 5.82 Å². The maximum absolute atomic E-state index is 4.51. The second-order valence-electron chi connectivity index (χ2n) is 3.50. The smallest absolute Gasteiger partial charge is 0.133 e. The lowest BCUT2D eigenvalue weighted by atomic mass is 10.3. The van der Waals surface area contributed by atoms with Crippen LogP contribution in [0.3, 0.4) is 0 Å². The molecule has 4 heteroatoms. The van der Waals surface area contributed by atoms with E-state index < -0.39 is 0 Å². The first-order valence-corrected chi connectivity index (χ1v) is 5.74. The van der Waals surface area contributed by atoms with Crippen molar-refractivity contribution < 1.29 is 0 Å². The summed E-state index contributed by atoms with van der Waals surface area (Å²) in [6, 6.07) is 7.91. The summed E-state index contributed by atoms with van der Waals surface area (Å²) in [5, 5.41) is 0. The fourth-order valence-electron chi connectivity index (χ4n) is 1.42. The number of hydrogen-bond acceptors (Lipinski definition) is 3. The molecule has 3 nitrogen and oxygen atoms in total. The molecule has 0 radical (unpaired) electrons. The summed E-state index contributed by atoms with van der Waals surface area (Å²) in [4.78, 5) is 10.5. The van der Waals surface area contributed by atoms with E-state index in [-0.39, 0.29) is 0 Å². The number of rotatable bonds is 2. The fraction of sp³-hybridized carbons (Fsp3) is 0.167. The average Bonchev–Trinajstić information content (AvgIpc) is 2.33. The van der Waals surface area contributed by atoms with Crippen molar-refractivity contribution in [1.29, 1.82) is 0 Å². The summed E-state index contributed by atoms with van der Waals surface area (Å²) in [6.45, 7) is 1.98. The quantitative estimate of drug-likeness (QED) is 0.843. The van der Waals surface area contributed by atoms with Crippen LogP contribution in [0.25, 0.3) is 0 Å². The molecule has 0 unspecified atom stereocenters. The lowest BCUT2D eigenvalue weighted by Crippen LogP contribution is -2.11. The predicted octanol–water partition coefficient (Wildman–Crippen LogP) is 3.32. The molecule has 0 atom stereocenters. The van der Waals surface area contributed by atoms with Gasteiger partial charge < -0.3 is 4.90 Å². The zero-order valence-corrected chi connectivity index (χ0v) is 10.8. The van der Waals surface area contributed by atoms with Crippen molar-refractivity contribution in [2.75, 3.05) is 11.9 Å². The van der Waals surface area contributed by atoms with Crippen LogP contribution in [0.5, 0.6) is 0 Å². The van der Waals surface area contributed by atoms with Gasteiger partial charge in [-0.15, -0.1) is 0 Å². The minimum atomic E-state index is 0.923. The van der Waals surface area contributed by atoms with E-state index in [0.29, 0.717) is 0 Å². The Hall–Kier alpha value is -1.42. The van der Waals surface area contributed by atoms with Crippen LogP contribution >= 0.6 is 15.9 Å². The number of aryl methyl sites for hydroxylation is 1. The molecule has 82 valence electrons. The first kappa shape index (κ1) is 11.1. The Morgan fingerprint density at radius 1 is 1.12 bits per heavy atom. The normalized spacial score (nSPS) is 10.2. The second-order valence-corrected chi connectivity index (χ2v) is 4.36. The van der Waals surface area contributed by atoms with Crippen LogP contribution in [0.15, 0.2) is 41.1 Å². The maximum atomic E-state index is 4.51. The highest BCUT2D eigenvalue weighted by molar-refractivity contribution is 9.10. The number of halogens is 1. The van der Waals surface area contributed by atoms with Gasteiger partial charge in [-0.2, -0.15) is 0 Å². The van der Waals surface area contributed by atoms with Gasteiger partial charge in [0.25, 0.3) is 0 Å². The van der Waals surface area contributed by atoms with Gasteiger partial charge in [-0.3, -0.25) is 4.98 Å². The van der Waals surface area contributed by atoms with Gasteiger partial charge >= 0.3 is 0 Å². The third kappa shape index (κ3) is 2.22. The summed E-state index contributed by atoms with van der Waals surface area (Å²) >= 11 is 3.44. The predicted molar refractivity (Wildman–Crippen MR) is 69.0 cm³/mol. The van der Waals surface area contributed by atoms with Crippen molar-refractivity contribution in [3.8, 4) is 0 Å². The number of aromatic nitrogens is 2. The zero-order valence-electron chi connectivity index (χ0n) is 9.18. The lowest BCUT2D eigenvalue weighted by Gasteiger charge is -2.18. The molecular formula is C12H12BrN3. The van der Waals surface area contributed by atoms with E-state index in [2.05, 4.69) is 25.9 Å². The van der Waals surface area contributed by atoms with E-state index in [1.807, 2.05) is 43.1 Å². The fourth-order valence-corrected chi connectivity index (χ4v) is 1.64. The van der Waals surface area contributed by atoms with Gasteiger partial charge in [0, 0.05) is 29.6 Å². The van der Waals surface area contributed by atoms with Crippen molar-refractivity contribution in [2.24, 2.45) is 0 Å². The maximum Gasteiger partial charge on any atom is 0.133 e. The van der Waals surface area contributed by atoms with Crippen LogP contribution in [0.2, 0.25) is 0 Å². The molecule has 2 rings (SSSR count). The Bertz CT molecular complexity index is 485. The molecule has 0 aliphatic heterocycles. The third-order valence-electron chi connectivity index (χ3n) is 2.40. The molecule has 0 amide bonds. The number of nitrogens with zero attached hydrogens (tertiary/aromatic N) is 3. The Morgan fingerprint density at radius 2 is 1.81 bits per heavy atom. The van der Waals surface area contributed by atoms with Gasteiger partial charge in [0.05, 0.1) is 5.69 Å². The molecule has 0 spiro atoms. The summed E-state index contributed by atoms with van der Waals surface area (Å²) in [5.74, 6) is 0.923. The summed E-state index contributed by atoms with van der Waals surface area (Å²) in [7, 11) is 1.99. The number of hydrogen-bond donors (Lipinski definition) is 0. The van der Waals surface area contributed by atoms with E-state index in [9.17, 15) is 0 Å². The van der Waals surface area contributed by atoms with Crippen molar-refractivity contribution in [3.63, 3.8) is 0 Å². The molecule has 0 aliphatic rings. The topological polar surface area (TPSA) is 29.0 Å². The van der Waals surface area contributed by atoms with Gasteiger partial charge in [-0.05, 0) is 47.1 Å². The third-order valence-corrected chi connectivity index (χ3v) is 3.24. The van der Waals surface area contributed by atoms with Gasteiger partial charge in [0.2, 0.25) is 0 Å². The summed E-state index contributed by atoms with van der Waals surface area (Å²) < 4.78 is 1.03. The van der Waals surface area contributed by atoms with Crippen molar-refractivity contribution in [2.45, 2.75) is 6.92 Å². The number of anilines is 2. The molecule has 2 aromatic heterocycles. The molecular weight excluding hydrogens is 266 g/mol. The molecule has 16 heavy (non-hydrogen) atoms. The van der Waals surface area contributed by atoms with Crippen molar-refractivity contribution >= 4 is 27.4 Å². The summed E-state index contributed by atoms with van der Waals surface area (Å²) in [5.41, 5.74) is 2.06. The Balaban J connectivity index is 2.34. The molecule has 2 heterocycles. The van der Waals surface area contributed by atoms with E-state index in [0.717, 1.165) is 21.7 Å². The van der Waals surface area contributed by atoms with Gasteiger partial charge in [0.15, 0.2) is 0 Å². The minimum Gasteiger partial charge on any atom is -0.329 e. The summed E-state index contributed by atoms with van der Waals surface area (Å²) in [6.07, 6.45) is 3.55. The highest BCUT2D eigenvalue weighted by Crippen LogP contribution is 2.23. The van der Waals surface area contributed by atoms with Crippen LogP contribution in [0.1, 0.15) is 5.69 Å².